The predicted molar refractivity (Wildman–Crippen MR) is 87.4 cm³/mol. The molecule has 0 aromatic heterocycles. The Kier molecular flexibility index (Phi) is 4.34. The summed E-state index contributed by atoms with van der Waals surface area (Å²) in [7, 11) is 0. The van der Waals surface area contributed by atoms with Crippen LogP contribution in [0.4, 0.5) is 5.69 Å². The summed E-state index contributed by atoms with van der Waals surface area (Å²) in [5.41, 5.74) is 3.42. The van der Waals surface area contributed by atoms with Crippen LogP contribution in [0.3, 0.4) is 0 Å². The van der Waals surface area contributed by atoms with Crippen LogP contribution in [0.5, 0.6) is 0 Å². The lowest BCUT2D eigenvalue weighted by molar-refractivity contribution is -0.384. The molecule has 22 heavy (non-hydrogen) atoms. The minimum absolute atomic E-state index is 0.154. The highest BCUT2D eigenvalue weighted by Gasteiger charge is 2.21. The van der Waals surface area contributed by atoms with E-state index in [1.54, 1.807) is 18.2 Å². The van der Waals surface area contributed by atoms with Crippen molar-refractivity contribution in [2.75, 3.05) is 6.54 Å². The molecule has 0 fully saturated rings. The zero-order chi connectivity index (χ0) is 15.7. The van der Waals surface area contributed by atoms with E-state index in [4.69, 9.17) is 23.2 Å². The van der Waals surface area contributed by atoms with E-state index in [2.05, 4.69) is 4.90 Å². The number of hydrogen-bond acceptors (Lipinski definition) is 3. The summed E-state index contributed by atoms with van der Waals surface area (Å²) in [6, 6.07) is 10.6. The molecule has 0 N–H and O–H groups in total. The molecule has 2 aromatic rings. The van der Waals surface area contributed by atoms with Crippen molar-refractivity contribution in [3.05, 3.63) is 73.2 Å². The molecule has 0 amide bonds. The van der Waals surface area contributed by atoms with Crippen LogP contribution >= 0.6 is 23.2 Å². The number of nitrogens with zero attached hydrogens (tertiary/aromatic N) is 2. The number of non-ortho nitro benzene ring substituents is 1. The van der Waals surface area contributed by atoms with Gasteiger partial charge in [-0.3, -0.25) is 15.0 Å². The highest BCUT2D eigenvalue weighted by Crippen LogP contribution is 2.27. The van der Waals surface area contributed by atoms with Gasteiger partial charge in [-0.05, 0) is 35.2 Å². The molecule has 0 saturated heterocycles. The molecule has 0 aliphatic carbocycles. The average molecular weight is 337 g/mol. The molecule has 6 heteroatoms. The van der Waals surface area contributed by atoms with E-state index >= 15 is 0 Å². The van der Waals surface area contributed by atoms with Crippen molar-refractivity contribution in [1.82, 2.24) is 4.90 Å². The topological polar surface area (TPSA) is 46.4 Å². The minimum atomic E-state index is -0.351. The van der Waals surface area contributed by atoms with Crippen LogP contribution in [-0.2, 0) is 19.5 Å². The smallest absolute Gasteiger partial charge is 0.269 e. The molecule has 0 unspecified atom stereocenters. The van der Waals surface area contributed by atoms with Gasteiger partial charge in [-0.15, -0.1) is 0 Å². The lowest BCUT2D eigenvalue weighted by Gasteiger charge is -2.15. The molecule has 1 heterocycles. The molecule has 2 aromatic carbocycles. The molecule has 114 valence electrons. The van der Waals surface area contributed by atoms with Gasteiger partial charge in [0.05, 0.1) is 4.92 Å². The summed E-state index contributed by atoms with van der Waals surface area (Å²) in [5.74, 6) is 0. The average Bonchev–Trinajstić information content (AvgIpc) is 2.88. The van der Waals surface area contributed by atoms with Crippen LogP contribution in [0, 0.1) is 10.1 Å². The molecule has 0 bridgehead atoms. The van der Waals surface area contributed by atoms with Gasteiger partial charge in [0.25, 0.3) is 5.69 Å². The van der Waals surface area contributed by atoms with Gasteiger partial charge in [0.2, 0.25) is 0 Å². The maximum atomic E-state index is 10.8. The van der Waals surface area contributed by atoms with Gasteiger partial charge in [-0.1, -0.05) is 35.3 Å². The molecule has 3 rings (SSSR count). The van der Waals surface area contributed by atoms with Gasteiger partial charge < -0.3 is 0 Å². The second kappa shape index (κ2) is 6.24. The zero-order valence-electron chi connectivity index (χ0n) is 11.8. The van der Waals surface area contributed by atoms with E-state index in [0.717, 1.165) is 42.7 Å². The van der Waals surface area contributed by atoms with Crippen LogP contribution in [0.2, 0.25) is 10.0 Å². The SMILES string of the molecule is O=[N+]([O-])c1ccc2c(c1)CN(CCc1ccc(Cl)cc1Cl)C2. The third-order valence-electron chi connectivity index (χ3n) is 3.90. The van der Waals surface area contributed by atoms with Crippen molar-refractivity contribution in [1.29, 1.82) is 0 Å². The first-order valence-electron chi connectivity index (χ1n) is 6.95. The third kappa shape index (κ3) is 3.24. The highest BCUT2D eigenvalue weighted by molar-refractivity contribution is 6.35. The fraction of sp³-hybridized carbons (Fsp3) is 0.250. The summed E-state index contributed by atoms with van der Waals surface area (Å²) in [5, 5.41) is 12.1. The Balaban J connectivity index is 1.65. The lowest BCUT2D eigenvalue weighted by atomic mass is 10.1. The van der Waals surface area contributed by atoms with Gasteiger partial charge in [0.15, 0.2) is 0 Å². The van der Waals surface area contributed by atoms with Gasteiger partial charge in [0, 0.05) is 41.8 Å². The molecular formula is C16H14Cl2N2O2. The van der Waals surface area contributed by atoms with Gasteiger partial charge in [-0.2, -0.15) is 0 Å². The van der Waals surface area contributed by atoms with Crippen LogP contribution < -0.4 is 0 Å². The van der Waals surface area contributed by atoms with E-state index in [0.29, 0.717) is 10.0 Å². The normalized spacial score (nSPS) is 14.1. The number of benzene rings is 2. The molecular weight excluding hydrogens is 323 g/mol. The largest absolute Gasteiger partial charge is 0.294 e. The molecule has 0 saturated carbocycles. The summed E-state index contributed by atoms with van der Waals surface area (Å²) in [6.45, 7) is 2.41. The van der Waals surface area contributed by atoms with Crippen molar-refractivity contribution < 1.29 is 4.92 Å². The molecule has 4 nitrogen and oxygen atoms in total. The summed E-state index contributed by atoms with van der Waals surface area (Å²) >= 11 is 12.1. The second-order valence-electron chi connectivity index (χ2n) is 5.41. The lowest BCUT2D eigenvalue weighted by Crippen LogP contribution is -2.19. The number of halogens is 2. The van der Waals surface area contributed by atoms with Gasteiger partial charge in [-0.25, -0.2) is 0 Å². The van der Waals surface area contributed by atoms with E-state index in [9.17, 15) is 10.1 Å². The maximum Gasteiger partial charge on any atom is 0.269 e. The van der Waals surface area contributed by atoms with E-state index in [1.807, 2.05) is 18.2 Å². The Hall–Kier alpha value is -1.62. The zero-order valence-corrected chi connectivity index (χ0v) is 13.3. The Bertz CT molecular complexity index is 734. The number of nitro benzene ring substituents is 1. The van der Waals surface area contributed by atoms with Gasteiger partial charge in [0.1, 0.15) is 0 Å². The van der Waals surface area contributed by atoms with Gasteiger partial charge >= 0.3 is 0 Å². The predicted octanol–water partition coefficient (Wildman–Crippen LogP) is 4.46. The van der Waals surface area contributed by atoms with Crippen LogP contribution in [-0.4, -0.2) is 16.4 Å². The van der Waals surface area contributed by atoms with Crippen LogP contribution in [0.1, 0.15) is 16.7 Å². The first-order chi connectivity index (χ1) is 10.5. The molecule has 0 radical (unpaired) electrons. The maximum absolute atomic E-state index is 10.8. The highest BCUT2D eigenvalue weighted by atomic mass is 35.5. The van der Waals surface area contributed by atoms with Crippen LogP contribution in [0.15, 0.2) is 36.4 Å². The number of rotatable bonds is 4. The fourth-order valence-corrected chi connectivity index (χ4v) is 3.23. The number of nitro groups is 1. The molecule has 0 spiro atoms. The van der Waals surface area contributed by atoms with Crippen molar-refractivity contribution in [3.63, 3.8) is 0 Å². The van der Waals surface area contributed by atoms with E-state index in [-0.39, 0.29) is 10.6 Å². The summed E-state index contributed by atoms with van der Waals surface area (Å²) < 4.78 is 0. The van der Waals surface area contributed by atoms with Crippen molar-refractivity contribution in [2.24, 2.45) is 0 Å². The Morgan fingerprint density at radius 2 is 1.86 bits per heavy atom. The molecule has 0 atom stereocenters. The Morgan fingerprint density at radius 1 is 1.09 bits per heavy atom. The molecule has 1 aliphatic rings. The van der Waals surface area contributed by atoms with Crippen molar-refractivity contribution >= 4 is 28.9 Å². The summed E-state index contributed by atoms with van der Waals surface area (Å²) in [4.78, 5) is 12.7. The van der Waals surface area contributed by atoms with E-state index < -0.39 is 0 Å². The quantitative estimate of drug-likeness (QED) is 0.611. The monoisotopic (exact) mass is 336 g/mol. The Labute approximate surface area is 138 Å². The first kappa shape index (κ1) is 15.3. The second-order valence-corrected chi connectivity index (χ2v) is 6.25. The van der Waals surface area contributed by atoms with Crippen molar-refractivity contribution in [3.8, 4) is 0 Å². The third-order valence-corrected chi connectivity index (χ3v) is 4.49. The molecule has 1 aliphatic heterocycles. The standard InChI is InChI=1S/C16H14Cl2N2O2/c17-14-3-1-11(16(18)8-14)5-6-19-9-12-2-4-15(20(21)22)7-13(12)10-19/h1-4,7-8H,5-6,9-10H2. The number of hydrogen-bond donors (Lipinski definition) is 0. The summed E-state index contributed by atoms with van der Waals surface area (Å²) in [6.07, 6.45) is 0.825. The van der Waals surface area contributed by atoms with E-state index in [1.165, 1.54) is 0 Å². The Morgan fingerprint density at radius 3 is 2.59 bits per heavy atom. The van der Waals surface area contributed by atoms with Crippen molar-refractivity contribution in [2.45, 2.75) is 19.5 Å². The van der Waals surface area contributed by atoms with Crippen LogP contribution in [0.25, 0.3) is 0 Å². The number of fused-ring (bicyclic) bond motifs is 1. The first-order valence-corrected chi connectivity index (χ1v) is 7.71. The fourth-order valence-electron chi connectivity index (χ4n) is 2.73. The minimum Gasteiger partial charge on any atom is -0.294 e.